The number of anilines is 1. The third kappa shape index (κ3) is 5.79. The summed E-state index contributed by atoms with van der Waals surface area (Å²) in [5, 5.41) is 14.7. The number of hydrogen-bond donors (Lipinski definition) is 2. The second-order valence-electron chi connectivity index (χ2n) is 5.91. The Labute approximate surface area is 149 Å². The number of carbonyl (C=O) groups excluding carboxylic acids is 1. The van der Waals surface area contributed by atoms with E-state index in [0.717, 1.165) is 44.7 Å². The fourth-order valence-corrected chi connectivity index (χ4v) is 3.13. The van der Waals surface area contributed by atoms with Crippen molar-refractivity contribution in [3.63, 3.8) is 0 Å². The molecule has 3 heterocycles. The molecule has 0 aromatic carbocycles. The van der Waals surface area contributed by atoms with E-state index in [4.69, 9.17) is 0 Å². The van der Waals surface area contributed by atoms with Crippen molar-refractivity contribution < 1.29 is 4.79 Å². The lowest BCUT2D eigenvalue weighted by Gasteiger charge is -2.33. The summed E-state index contributed by atoms with van der Waals surface area (Å²) in [6, 6.07) is 4.59. The van der Waals surface area contributed by atoms with E-state index in [1.165, 1.54) is 6.42 Å². The van der Waals surface area contributed by atoms with Crippen molar-refractivity contribution in [2.45, 2.75) is 44.2 Å². The molecule has 1 atom stereocenters. The number of piperidine rings is 1. The van der Waals surface area contributed by atoms with E-state index >= 15 is 0 Å². The number of likely N-dealkylation sites (tertiary alicyclic amines) is 1. The van der Waals surface area contributed by atoms with Crippen LogP contribution < -0.4 is 10.6 Å². The van der Waals surface area contributed by atoms with Gasteiger partial charge in [0.05, 0.1) is 0 Å². The number of carbonyl (C=O) groups is 1. The molecule has 6 nitrogen and oxygen atoms in total. The van der Waals surface area contributed by atoms with Crippen molar-refractivity contribution in [3.05, 3.63) is 18.3 Å². The van der Waals surface area contributed by atoms with E-state index in [1.807, 2.05) is 17.0 Å². The summed E-state index contributed by atoms with van der Waals surface area (Å²) in [6.07, 6.45) is 6.60. The van der Waals surface area contributed by atoms with Crippen LogP contribution in [0.15, 0.2) is 18.3 Å². The van der Waals surface area contributed by atoms with Gasteiger partial charge in [0.1, 0.15) is 5.82 Å². The highest BCUT2D eigenvalue weighted by Gasteiger charge is 2.25. The van der Waals surface area contributed by atoms with E-state index in [9.17, 15) is 4.79 Å². The van der Waals surface area contributed by atoms with Crippen molar-refractivity contribution >= 4 is 36.5 Å². The maximum absolute atomic E-state index is 12.3. The predicted octanol–water partition coefficient (Wildman–Crippen LogP) is 1.87. The smallest absolute Gasteiger partial charge is 0.224 e. The second-order valence-corrected chi connectivity index (χ2v) is 5.91. The third-order valence-corrected chi connectivity index (χ3v) is 4.36. The monoisotopic (exact) mass is 361 g/mol. The molecule has 23 heavy (non-hydrogen) atoms. The molecule has 1 aromatic heterocycles. The van der Waals surface area contributed by atoms with Crippen molar-refractivity contribution in [3.8, 4) is 0 Å². The van der Waals surface area contributed by atoms with E-state index in [-0.39, 0.29) is 24.8 Å². The van der Waals surface area contributed by atoms with E-state index in [2.05, 4.69) is 20.8 Å². The Hall–Kier alpha value is -1.11. The number of rotatable bonds is 4. The lowest BCUT2D eigenvalue weighted by molar-refractivity contribution is -0.132. The fourth-order valence-electron chi connectivity index (χ4n) is 3.13. The summed E-state index contributed by atoms with van der Waals surface area (Å²) in [6.45, 7) is 2.73. The number of halogens is 2. The Bertz CT molecular complexity index is 462. The van der Waals surface area contributed by atoms with Gasteiger partial charge in [-0.3, -0.25) is 4.79 Å². The standard InChI is InChI=1S/C15H23N5O.2ClH/c21-15(11-13-3-1-7-16-13)20-9-5-12(6-10-20)18-14-4-2-8-17-19-14;;/h2,4,8,12-13,16H,1,3,5-7,9-11H2,(H,18,19);2*1H. The van der Waals surface area contributed by atoms with Gasteiger partial charge in [-0.15, -0.1) is 29.9 Å². The van der Waals surface area contributed by atoms with Gasteiger partial charge in [0.25, 0.3) is 0 Å². The first-order valence-electron chi connectivity index (χ1n) is 7.86. The predicted molar refractivity (Wildman–Crippen MR) is 95.4 cm³/mol. The molecule has 2 fully saturated rings. The zero-order chi connectivity index (χ0) is 14.5. The van der Waals surface area contributed by atoms with Gasteiger partial charge in [0.2, 0.25) is 5.91 Å². The first kappa shape index (κ1) is 19.9. The van der Waals surface area contributed by atoms with Crippen LogP contribution in [0.4, 0.5) is 5.82 Å². The summed E-state index contributed by atoms with van der Waals surface area (Å²) in [5.74, 6) is 1.12. The van der Waals surface area contributed by atoms with Gasteiger partial charge in [-0.25, -0.2) is 0 Å². The lowest BCUT2D eigenvalue weighted by atomic mass is 10.0. The molecule has 8 heteroatoms. The molecule has 0 aliphatic carbocycles. The summed E-state index contributed by atoms with van der Waals surface area (Å²) in [7, 11) is 0. The zero-order valence-corrected chi connectivity index (χ0v) is 14.7. The van der Waals surface area contributed by atoms with E-state index in [0.29, 0.717) is 24.4 Å². The molecule has 0 bridgehead atoms. The quantitative estimate of drug-likeness (QED) is 0.856. The minimum absolute atomic E-state index is 0. The van der Waals surface area contributed by atoms with Gasteiger partial charge in [-0.1, -0.05) is 0 Å². The molecule has 2 aliphatic rings. The molecule has 1 unspecified atom stereocenters. The Balaban J connectivity index is 0.00000132. The molecule has 2 N–H and O–H groups in total. The van der Waals surface area contributed by atoms with Crippen molar-refractivity contribution in [1.82, 2.24) is 20.4 Å². The van der Waals surface area contributed by atoms with Crippen LogP contribution in [0.1, 0.15) is 32.1 Å². The molecule has 0 spiro atoms. The molecule has 130 valence electrons. The van der Waals surface area contributed by atoms with Gasteiger partial charge in [-0.05, 0) is 44.4 Å². The maximum Gasteiger partial charge on any atom is 0.224 e. The maximum atomic E-state index is 12.3. The van der Waals surface area contributed by atoms with Crippen LogP contribution in [0.5, 0.6) is 0 Å². The highest BCUT2D eigenvalue weighted by molar-refractivity contribution is 5.85. The second kappa shape index (κ2) is 9.90. The van der Waals surface area contributed by atoms with Crippen molar-refractivity contribution in [2.24, 2.45) is 0 Å². The van der Waals surface area contributed by atoms with Crippen LogP contribution in [0.25, 0.3) is 0 Å². The Morgan fingerprint density at radius 1 is 1.30 bits per heavy atom. The average molecular weight is 362 g/mol. The normalized spacial score (nSPS) is 21.2. The molecule has 2 saturated heterocycles. The highest BCUT2D eigenvalue weighted by atomic mass is 35.5. The molecule has 0 saturated carbocycles. The topological polar surface area (TPSA) is 70.2 Å². The van der Waals surface area contributed by atoms with Gasteiger partial charge in [-0.2, -0.15) is 5.10 Å². The minimum Gasteiger partial charge on any atom is -0.366 e. The van der Waals surface area contributed by atoms with Crippen LogP contribution in [0.3, 0.4) is 0 Å². The summed E-state index contributed by atoms with van der Waals surface area (Å²) in [4.78, 5) is 14.3. The Kier molecular flexibility index (Phi) is 8.58. The molecule has 2 aliphatic heterocycles. The summed E-state index contributed by atoms with van der Waals surface area (Å²) in [5.41, 5.74) is 0. The zero-order valence-electron chi connectivity index (χ0n) is 13.1. The lowest BCUT2D eigenvalue weighted by Crippen LogP contribution is -2.44. The minimum atomic E-state index is 0. The first-order chi connectivity index (χ1) is 10.3. The molecule has 1 aromatic rings. The molecular weight excluding hydrogens is 337 g/mol. The van der Waals surface area contributed by atoms with Crippen LogP contribution >= 0.6 is 24.8 Å². The van der Waals surface area contributed by atoms with E-state index < -0.39 is 0 Å². The third-order valence-electron chi connectivity index (χ3n) is 4.36. The van der Waals surface area contributed by atoms with Crippen molar-refractivity contribution in [2.75, 3.05) is 25.0 Å². The molecule has 1 amide bonds. The number of nitrogens with zero attached hydrogens (tertiary/aromatic N) is 3. The highest BCUT2D eigenvalue weighted by Crippen LogP contribution is 2.17. The van der Waals surface area contributed by atoms with Gasteiger partial charge in [0, 0.05) is 37.8 Å². The van der Waals surface area contributed by atoms with Crippen LogP contribution in [0.2, 0.25) is 0 Å². The SMILES string of the molecule is Cl.Cl.O=C(CC1CCCN1)N1CCC(Nc2cccnn2)CC1. The number of hydrogen-bond acceptors (Lipinski definition) is 5. The van der Waals surface area contributed by atoms with Gasteiger partial charge >= 0.3 is 0 Å². The molecular formula is C15H25Cl2N5O. The molecule has 0 radical (unpaired) electrons. The Morgan fingerprint density at radius 2 is 2.09 bits per heavy atom. The largest absolute Gasteiger partial charge is 0.366 e. The molecule has 3 rings (SSSR count). The van der Waals surface area contributed by atoms with Crippen LogP contribution in [-0.2, 0) is 4.79 Å². The number of nitrogens with one attached hydrogen (secondary N) is 2. The number of aromatic nitrogens is 2. The number of amides is 1. The summed E-state index contributed by atoms with van der Waals surface area (Å²) < 4.78 is 0. The fraction of sp³-hybridized carbons (Fsp3) is 0.667. The van der Waals surface area contributed by atoms with Crippen LogP contribution in [0, 0.1) is 0 Å². The van der Waals surface area contributed by atoms with Crippen molar-refractivity contribution in [1.29, 1.82) is 0 Å². The van der Waals surface area contributed by atoms with Gasteiger partial charge < -0.3 is 15.5 Å². The summed E-state index contributed by atoms with van der Waals surface area (Å²) >= 11 is 0. The Morgan fingerprint density at radius 3 is 2.70 bits per heavy atom. The van der Waals surface area contributed by atoms with Crippen LogP contribution in [-0.4, -0.2) is 52.7 Å². The van der Waals surface area contributed by atoms with Gasteiger partial charge in [0.15, 0.2) is 0 Å². The average Bonchev–Trinajstić information content (AvgIpc) is 3.02. The van der Waals surface area contributed by atoms with E-state index in [1.54, 1.807) is 6.20 Å². The first-order valence-corrected chi connectivity index (χ1v) is 7.86.